The maximum Gasteiger partial charge on any atom is 0.239 e. The van der Waals surface area contributed by atoms with E-state index < -0.39 is 10.6 Å². The first-order valence-electron chi connectivity index (χ1n) is 3.12. The Morgan fingerprint density at radius 3 is 2.70 bits per heavy atom. The van der Waals surface area contributed by atoms with Crippen molar-refractivity contribution in [2.24, 2.45) is 0 Å². The van der Waals surface area contributed by atoms with Crippen molar-refractivity contribution in [3.63, 3.8) is 0 Å². The summed E-state index contributed by atoms with van der Waals surface area (Å²) in [5.74, 6) is 0. The molecule has 58 valence electrons. The Bertz CT molecular complexity index is 123. The average molecular weight is 181 g/mol. The highest BCUT2D eigenvalue weighted by atomic mass is 35.5. The first-order valence-corrected chi connectivity index (χ1v) is 3.94. The lowest BCUT2D eigenvalue weighted by atomic mass is 10.2. The third kappa shape index (κ3) is 4.83. The second-order valence-corrected chi connectivity index (χ2v) is 2.89. The van der Waals surface area contributed by atoms with E-state index in [4.69, 9.17) is 23.2 Å². The molecule has 0 N–H and O–H groups in total. The number of halogens is 2. The molecule has 1 atom stereocenters. The van der Waals surface area contributed by atoms with E-state index in [0.29, 0.717) is 6.42 Å². The van der Waals surface area contributed by atoms with Crippen LogP contribution in [0.2, 0.25) is 0 Å². The minimum absolute atomic E-state index is 0.467. The number of alkyl halides is 1. The Hall–Kier alpha value is -0.0100. The van der Waals surface area contributed by atoms with Gasteiger partial charge in [0, 0.05) is 0 Å². The zero-order valence-corrected chi connectivity index (χ0v) is 7.16. The van der Waals surface area contributed by atoms with Gasteiger partial charge in [0.25, 0.3) is 0 Å². The Balaban J connectivity index is 3.30. The van der Waals surface area contributed by atoms with E-state index >= 15 is 0 Å². The van der Waals surface area contributed by atoms with Crippen molar-refractivity contribution < 1.29 is 4.79 Å². The predicted molar refractivity (Wildman–Crippen MR) is 44.5 cm³/mol. The molecule has 0 heterocycles. The number of carbonyl (C=O) groups is 1. The Morgan fingerprint density at radius 1 is 1.70 bits per heavy atom. The molecule has 1 unspecified atom stereocenters. The van der Waals surface area contributed by atoms with E-state index in [1.54, 1.807) is 6.08 Å². The molecule has 0 rings (SSSR count). The molecule has 0 aromatic carbocycles. The van der Waals surface area contributed by atoms with E-state index in [1.165, 1.54) is 0 Å². The van der Waals surface area contributed by atoms with E-state index in [0.717, 1.165) is 12.8 Å². The summed E-state index contributed by atoms with van der Waals surface area (Å²) in [4.78, 5) is 10.3. The fourth-order valence-electron chi connectivity index (χ4n) is 0.555. The highest BCUT2D eigenvalue weighted by Gasteiger charge is 2.10. The number of rotatable bonds is 5. The van der Waals surface area contributed by atoms with Crippen LogP contribution in [0.15, 0.2) is 12.7 Å². The zero-order valence-electron chi connectivity index (χ0n) is 5.65. The van der Waals surface area contributed by atoms with Gasteiger partial charge in [-0.3, -0.25) is 4.79 Å². The smallest absolute Gasteiger partial charge is 0.239 e. The molecule has 1 nitrogen and oxygen atoms in total. The minimum atomic E-state index is -0.526. The predicted octanol–water partition coefficient (Wildman–Crippen LogP) is 2.72. The lowest BCUT2D eigenvalue weighted by Crippen LogP contribution is -2.06. The summed E-state index contributed by atoms with van der Waals surface area (Å²) in [6.45, 7) is 3.54. The maximum atomic E-state index is 10.3. The largest absolute Gasteiger partial charge is 0.280 e. The summed E-state index contributed by atoms with van der Waals surface area (Å²) in [5, 5.41) is -0.993. The van der Waals surface area contributed by atoms with Crippen molar-refractivity contribution in [2.75, 3.05) is 0 Å². The van der Waals surface area contributed by atoms with Crippen LogP contribution in [-0.2, 0) is 4.79 Å². The Labute approximate surface area is 71.0 Å². The van der Waals surface area contributed by atoms with Crippen LogP contribution in [0.25, 0.3) is 0 Å². The molecule has 0 aromatic rings. The molecule has 0 aliphatic heterocycles. The number of carbonyl (C=O) groups excluding carboxylic acids is 1. The van der Waals surface area contributed by atoms with Crippen molar-refractivity contribution in [3.05, 3.63) is 12.7 Å². The second-order valence-electron chi connectivity index (χ2n) is 1.99. The minimum Gasteiger partial charge on any atom is -0.280 e. The van der Waals surface area contributed by atoms with Crippen LogP contribution >= 0.6 is 23.2 Å². The van der Waals surface area contributed by atoms with Crippen molar-refractivity contribution in [1.29, 1.82) is 0 Å². The van der Waals surface area contributed by atoms with Gasteiger partial charge in [-0.25, -0.2) is 0 Å². The van der Waals surface area contributed by atoms with Crippen LogP contribution in [0.5, 0.6) is 0 Å². The molecular weight excluding hydrogens is 171 g/mol. The molecule has 0 saturated heterocycles. The zero-order chi connectivity index (χ0) is 7.98. The number of hydrogen-bond acceptors (Lipinski definition) is 1. The van der Waals surface area contributed by atoms with Crippen LogP contribution in [0, 0.1) is 0 Å². The van der Waals surface area contributed by atoms with Crippen molar-refractivity contribution in [1.82, 2.24) is 0 Å². The van der Waals surface area contributed by atoms with Crippen molar-refractivity contribution in [3.8, 4) is 0 Å². The molecule has 10 heavy (non-hydrogen) atoms. The monoisotopic (exact) mass is 180 g/mol. The van der Waals surface area contributed by atoms with Crippen LogP contribution in [0.1, 0.15) is 19.3 Å². The van der Waals surface area contributed by atoms with Gasteiger partial charge in [0.15, 0.2) is 0 Å². The van der Waals surface area contributed by atoms with Gasteiger partial charge in [0.2, 0.25) is 5.24 Å². The highest BCUT2D eigenvalue weighted by Crippen LogP contribution is 2.10. The van der Waals surface area contributed by atoms with Gasteiger partial charge in [0.05, 0.1) is 0 Å². The van der Waals surface area contributed by atoms with E-state index in [9.17, 15) is 4.79 Å². The van der Waals surface area contributed by atoms with E-state index in [2.05, 4.69) is 6.58 Å². The topological polar surface area (TPSA) is 17.1 Å². The van der Waals surface area contributed by atoms with Gasteiger partial charge in [-0.1, -0.05) is 6.08 Å². The van der Waals surface area contributed by atoms with Crippen molar-refractivity contribution in [2.45, 2.75) is 24.6 Å². The molecular formula is C7H10Cl2O. The van der Waals surface area contributed by atoms with Gasteiger partial charge in [-0.15, -0.1) is 18.2 Å². The average Bonchev–Trinajstić information content (AvgIpc) is 1.88. The van der Waals surface area contributed by atoms with Gasteiger partial charge in [-0.05, 0) is 30.9 Å². The number of hydrogen-bond donors (Lipinski definition) is 0. The lowest BCUT2D eigenvalue weighted by molar-refractivity contribution is -0.111. The molecule has 0 aliphatic rings. The summed E-state index contributed by atoms with van der Waals surface area (Å²) in [7, 11) is 0. The third-order valence-electron chi connectivity index (χ3n) is 1.11. The highest BCUT2D eigenvalue weighted by molar-refractivity contribution is 6.69. The van der Waals surface area contributed by atoms with Crippen LogP contribution in [0.4, 0.5) is 0 Å². The van der Waals surface area contributed by atoms with Gasteiger partial charge >= 0.3 is 0 Å². The summed E-state index contributed by atoms with van der Waals surface area (Å²) < 4.78 is 0. The Morgan fingerprint density at radius 2 is 2.30 bits per heavy atom. The van der Waals surface area contributed by atoms with Gasteiger partial charge in [-0.2, -0.15) is 0 Å². The van der Waals surface area contributed by atoms with Gasteiger partial charge < -0.3 is 0 Å². The van der Waals surface area contributed by atoms with Crippen molar-refractivity contribution >= 4 is 28.4 Å². The number of unbranched alkanes of at least 4 members (excludes halogenated alkanes) is 1. The molecule has 0 aliphatic carbocycles. The summed E-state index contributed by atoms with van der Waals surface area (Å²) in [6.07, 6.45) is 4.18. The van der Waals surface area contributed by atoms with Crippen LogP contribution in [-0.4, -0.2) is 10.6 Å². The van der Waals surface area contributed by atoms with Crippen LogP contribution < -0.4 is 0 Å². The molecule has 0 fully saturated rings. The fraction of sp³-hybridized carbons (Fsp3) is 0.571. The first kappa shape index (κ1) is 9.99. The summed E-state index contributed by atoms with van der Waals surface area (Å²) >= 11 is 10.6. The standard InChI is InChI=1S/C7H10Cl2O/c1-2-3-4-5-6(8)7(9)10/h2,6H,1,3-5H2. The molecule has 0 saturated carbocycles. The van der Waals surface area contributed by atoms with Gasteiger partial charge in [0.1, 0.15) is 5.38 Å². The second kappa shape index (κ2) is 5.75. The molecule has 0 amide bonds. The first-order chi connectivity index (χ1) is 4.68. The summed E-state index contributed by atoms with van der Waals surface area (Å²) in [6, 6.07) is 0. The molecule has 0 aromatic heterocycles. The van der Waals surface area contributed by atoms with E-state index in [-0.39, 0.29) is 0 Å². The maximum absolute atomic E-state index is 10.3. The molecule has 0 spiro atoms. The molecule has 3 heteroatoms. The van der Waals surface area contributed by atoms with Crippen LogP contribution in [0.3, 0.4) is 0 Å². The molecule has 0 radical (unpaired) electrons. The van der Waals surface area contributed by atoms with E-state index in [1.807, 2.05) is 0 Å². The SMILES string of the molecule is C=CCCCC(Cl)C(=O)Cl. The summed E-state index contributed by atoms with van der Waals surface area (Å²) in [5.41, 5.74) is 0. The number of allylic oxidation sites excluding steroid dienone is 1. The fourth-order valence-corrected chi connectivity index (χ4v) is 0.818. The Kier molecular flexibility index (Phi) is 5.74. The molecule has 0 bridgehead atoms. The quantitative estimate of drug-likeness (QED) is 0.276. The lowest BCUT2D eigenvalue weighted by Gasteiger charge is -2.00. The third-order valence-corrected chi connectivity index (χ3v) is 1.90. The normalized spacial score (nSPS) is 12.6.